The van der Waals surface area contributed by atoms with Gasteiger partial charge in [-0.2, -0.15) is 0 Å². The molecule has 0 spiro atoms. The molecule has 0 aromatic rings. The molecule has 0 aliphatic carbocycles. The number of aliphatic hydroxyl groups is 2. The molecule has 3 N–H and O–H groups in total. The second-order valence-electron chi connectivity index (χ2n) is 20.8. The summed E-state index contributed by atoms with van der Waals surface area (Å²) in [5.74, 6) is -0.524. The molecule has 0 aliphatic rings. The van der Waals surface area contributed by atoms with E-state index in [-0.39, 0.29) is 24.9 Å². The molecule has 6 nitrogen and oxygen atoms in total. The largest absolute Gasteiger partial charge is 0.462 e. The highest BCUT2D eigenvalue weighted by Crippen LogP contribution is 2.19. The lowest BCUT2D eigenvalue weighted by molar-refractivity contribution is -0.151. The third kappa shape index (κ3) is 52.0. The van der Waals surface area contributed by atoms with Crippen molar-refractivity contribution in [3.63, 3.8) is 0 Å². The van der Waals surface area contributed by atoms with Gasteiger partial charge in [-0.05, 0) is 64.2 Å². The molecule has 0 aromatic carbocycles. The molecule has 0 rings (SSSR count). The first-order chi connectivity index (χ1) is 34.0. The molecule has 0 aliphatic heterocycles. The monoisotopic (exact) mass is 968 g/mol. The van der Waals surface area contributed by atoms with E-state index in [4.69, 9.17) is 4.74 Å². The second kappa shape index (κ2) is 56.7. The van der Waals surface area contributed by atoms with Gasteiger partial charge in [0.2, 0.25) is 5.91 Å². The zero-order chi connectivity index (χ0) is 50.2. The van der Waals surface area contributed by atoms with Gasteiger partial charge in [-0.25, -0.2) is 0 Å². The quantitative estimate of drug-likeness (QED) is 0.0321. The zero-order valence-corrected chi connectivity index (χ0v) is 46.2. The number of allylic oxidation sites excluding steroid dienone is 8. The van der Waals surface area contributed by atoms with Gasteiger partial charge in [0.1, 0.15) is 6.10 Å². The summed E-state index contributed by atoms with van der Waals surface area (Å²) in [5, 5.41) is 23.9. The molecule has 0 fully saturated rings. The molecule has 0 saturated heterocycles. The fourth-order valence-corrected chi connectivity index (χ4v) is 9.31. The van der Waals surface area contributed by atoms with Crippen molar-refractivity contribution in [3.05, 3.63) is 48.6 Å². The van der Waals surface area contributed by atoms with Crippen LogP contribution in [-0.4, -0.2) is 46.9 Å². The Balaban J connectivity index is 4.59. The lowest BCUT2D eigenvalue weighted by Gasteiger charge is -2.24. The Kier molecular flexibility index (Phi) is 54.9. The Hall–Kier alpha value is -2.18. The topological polar surface area (TPSA) is 95.9 Å². The summed E-state index contributed by atoms with van der Waals surface area (Å²) in [6, 6.07) is -0.712. The summed E-state index contributed by atoms with van der Waals surface area (Å²) in [6.07, 6.45) is 70.4. The minimum Gasteiger partial charge on any atom is -0.462 e. The van der Waals surface area contributed by atoms with Crippen molar-refractivity contribution in [2.24, 2.45) is 0 Å². The third-order valence-corrected chi connectivity index (χ3v) is 13.9. The molecule has 0 aromatic heterocycles. The summed E-state index contributed by atoms with van der Waals surface area (Å²) in [6.45, 7) is 6.49. The van der Waals surface area contributed by atoms with Crippen molar-refractivity contribution in [3.8, 4) is 0 Å². The average molecular weight is 969 g/mol. The first-order valence-electron chi connectivity index (χ1n) is 30.4. The Morgan fingerprint density at radius 2 is 0.739 bits per heavy atom. The molecule has 0 saturated carbocycles. The lowest BCUT2D eigenvalue weighted by atomic mass is 10.0. The number of hydrogen-bond acceptors (Lipinski definition) is 5. The molecule has 0 bridgehead atoms. The molecular weight excluding hydrogens is 851 g/mol. The van der Waals surface area contributed by atoms with Gasteiger partial charge in [-0.15, -0.1) is 0 Å². The smallest absolute Gasteiger partial charge is 0.306 e. The predicted molar refractivity (Wildman–Crippen MR) is 301 cm³/mol. The van der Waals surface area contributed by atoms with Crippen LogP contribution < -0.4 is 5.32 Å². The van der Waals surface area contributed by atoms with Gasteiger partial charge in [-0.3, -0.25) is 9.59 Å². The molecule has 3 unspecified atom stereocenters. The van der Waals surface area contributed by atoms with E-state index in [0.29, 0.717) is 25.7 Å². The van der Waals surface area contributed by atoms with Crippen molar-refractivity contribution < 1.29 is 24.5 Å². The van der Waals surface area contributed by atoms with Gasteiger partial charge in [0.25, 0.3) is 0 Å². The second-order valence-corrected chi connectivity index (χ2v) is 20.8. The number of rotatable bonds is 55. The molecule has 1 amide bonds. The van der Waals surface area contributed by atoms with E-state index < -0.39 is 18.2 Å². The van der Waals surface area contributed by atoms with Gasteiger partial charge >= 0.3 is 5.97 Å². The van der Waals surface area contributed by atoms with E-state index in [0.717, 1.165) is 64.2 Å². The van der Waals surface area contributed by atoms with Crippen LogP contribution in [0.5, 0.6) is 0 Å². The highest BCUT2D eigenvalue weighted by molar-refractivity contribution is 5.77. The molecule has 404 valence electrons. The van der Waals surface area contributed by atoms with E-state index in [9.17, 15) is 19.8 Å². The maximum Gasteiger partial charge on any atom is 0.306 e. The number of aliphatic hydroxyl groups excluding tert-OH is 2. The Bertz CT molecular complexity index is 1180. The van der Waals surface area contributed by atoms with Crippen LogP contribution >= 0.6 is 0 Å². The summed E-state index contributed by atoms with van der Waals surface area (Å²) in [4.78, 5) is 26.3. The van der Waals surface area contributed by atoms with Gasteiger partial charge in [0, 0.05) is 6.42 Å². The van der Waals surface area contributed by atoms with E-state index in [1.54, 1.807) is 0 Å². The number of carbonyl (C=O) groups excluding carboxylic acids is 2. The molecule has 0 radical (unpaired) electrons. The number of amides is 1. The SMILES string of the molecule is CCCCC/C=C\C/C=C\C/C=C\C/C=C\CCCC(=O)OC(CCCCCCCCCCCCCCCCCC)CC(=O)NC(CO)C(O)CCCCCCCCCCCCCCCCCCC. The summed E-state index contributed by atoms with van der Waals surface area (Å²) >= 11 is 0. The number of hydrogen-bond donors (Lipinski definition) is 3. The minimum absolute atomic E-state index is 0.0595. The van der Waals surface area contributed by atoms with Crippen LogP contribution in [0.2, 0.25) is 0 Å². The number of nitrogens with one attached hydrogen (secondary N) is 1. The van der Waals surface area contributed by atoms with E-state index in [1.165, 1.54) is 199 Å². The van der Waals surface area contributed by atoms with Crippen molar-refractivity contribution in [2.45, 2.75) is 334 Å². The third-order valence-electron chi connectivity index (χ3n) is 13.9. The molecule has 3 atom stereocenters. The Labute approximate surface area is 429 Å². The molecule has 0 heterocycles. The van der Waals surface area contributed by atoms with Gasteiger partial charge in [0.15, 0.2) is 0 Å². The molecular formula is C63H117NO5. The lowest BCUT2D eigenvalue weighted by Crippen LogP contribution is -2.46. The summed E-state index contributed by atoms with van der Waals surface area (Å²) in [7, 11) is 0. The normalized spacial score (nSPS) is 13.4. The maximum absolute atomic E-state index is 13.3. The summed E-state index contributed by atoms with van der Waals surface area (Å²) in [5.41, 5.74) is 0. The first kappa shape index (κ1) is 66.8. The number of ether oxygens (including phenoxy) is 1. The van der Waals surface area contributed by atoms with Gasteiger partial charge < -0.3 is 20.3 Å². The van der Waals surface area contributed by atoms with E-state index >= 15 is 0 Å². The zero-order valence-electron chi connectivity index (χ0n) is 46.2. The van der Waals surface area contributed by atoms with E-state index in [2.05, 4.69) is 74.7 Å². The fraction of sp³-hybridized carbons (Fsp3) is 0.841. The van der Waals surface area contributed by atoms with Crippen molar-refractivity contribution >= 4 is 11.9 Å². The van der Waals surface area contributed by atoms with Crippen LogP contribution in [0.4, 0.5) is 0 Å². The van der Waals surface area contributed by atoms with Crippen LogP contribution in [-0.2, 0) is 14.3 Å². The maximum atomic E-state index is 13.3. The van der Waals surface area contributed by atoms with Crippen LogP contribution in [0, 0.1) is 0 Å². The van der Waals surface area contributed by atoms with Crippen LogP contribution in [0.15, 0.2) is 48.6 Å². The average Bonchev–Trinajstić information content (AvgIpc) is 3.34. The highest BCUT2D eigenvalue weighted by atomic mass is 16.5. The predicted octanol–water partition coefficient (Wildman–Crippen LogP) is 19.0. The molecule has 6 heteroatoms. The van der Waals surface area contributed by atoms with Crippen LogP contribution in [0.1, 0.15) is 316 Å². The number of unbranched alkanes of at least 4 members (excludes halogenated alkanes) is 35. The van der Waals surface area contributed by atoms with Crippen molar-refractivity contribution in [1.82, 2.24) is 5.32 Å². The summed E-state index contributed by atoms with van der Waals surface area (Å²) < 4.78 is 5.95. The van der Waals surface area contributed by atoms with Crippen molar-refractivity contribution in [1.29, 1.82) is 0 Å². The standard InChI is InChI=1S/C63H117NO5/c1-4-7-10-13-16-19-22-25-28-31-34-37-40-43-46-49-52-55-61(66)60(58-65)64-62(67)57-59(54-51-48-45-42-39-36-33-30-27-24-21-18-15-12-9-6-3)69-63(68)56-53-50-47-44-41-38-35-32-29-26-23-20-17-14-11-8-5-2/h17,20,26,29,35,38,44,47,59-61,65-66H,4-16,18-19,21-25,27-28,30-34,36-37,39-43,45-46,48-58H2,1-3H3,(H,64,67)/b20-17-,29-26-,38-35-,47-44-. The number of esters is 1. The fourth-order valence-electron chi connectivity index (χ4n) is 9.31. The number of carbonyl (C=O) groups is 2. The van der Waals surface area contributed by atoms with Crippen LogP contribution in [0.25, 0.3) is 0 Å². The Morgan fingerprint density at radius 3 is 1.12 bits per heavy atom. The first-order valence-corrected chi connectivity index (χ1v) is 30.4. The van der Waals surface area contributed by atoms with Gasteiger partial charge in [-0.1, -0.05) is 288 Å². The van der Waals surface area contributed by atoms with Gasteiger partial charge in [0.05, 0.1) is 25.2 Å². The minimum atomic E-state index is -0.797. The van der Waals surface area contributed by atoms with Crippen molar-refractivity contribution in [2.75, 3.05) is 6.61 Å². The van der Waals surface area contributed by atoms with Crippen LogP contribution in [0.3, 0.4) is 0 Å². The highest BCUT2D eigenvalue weighted by Gasteiger charge is 2.24. The molecule has 69 heavy (non-hydrogen) atoms. The van der Waals surface area contributed by atoms with E-state index in [1.807, 2.05) is 0 Å². The Morgan fingerprint density at radius 1 is 0.420 bits per heavy atom.